The second-order valence-corrected chi connectivity index (χ2v) is 5.09. The predicted molar refractivity (Wildman–Crippen MR) is 69.9 cm³/mol. The van der Waals surface area contributed by atoms with Crippen molar-refractivity contribution in [2.24, 2.45) is 0 Å². The summed E-state index contributed by atoms with van der Waals surface area (Å²) in [6, 6.07) is 0.642. The zero-order valence-electron chi connectivity index (χ0n) is 11.0. The Bertz CT molecular complexity index is 334. The molecule has 1 N–H and O–H groups in total. The molecule has 4 nitrogen and oxygen atoms in total. The van der Waals surface area contributed by atoms with Gasteiger partial charge in [-0.15, -0.1) is 0 Å². The molecule has 1 aromatic heterocycles. The van der Waals surface area contributed by atoms with Gasteiger partial charge in [-0.25, -0.2) is 0 Å². The Morgan fingerprint density at radius 3 is 3.18 bits per heavy atom. The third-order valence-electron chi connectivity index (χ3n) is 3.36. The van der Waals surface area contributed by atoms with Crippen LogP contribution in [-0.4, -0.2) is 40.9 Å². The van der Waals surface area contributed by atoms with Gasteiger partial charge in [0.25, 0.3) is 0 Å². The Balaban J connectivity index is 1.76. The highest BCUT2D eigenvalue weighted by atomic mass is 15.3. The van der Waals surface area contributed by atoms with Gasteiger partial charge in [-0.2, -0.15) is 5.10 Å². The van der Waals surface area contributed by atoms with E-state index in [-0.39, 0.29) is 0 Å². The number of hydrogen-bond donors (Lipinski definition) is 1. The van der Waals surface area contributed by atoms with Crippen molar-refractivity contribution in [1.29, 1.82) is 0 Å². The fourth-order valence-electron chi connectivity index (χ4n) is 2.44. The van der Waals surface area contributed by atoms with E-state index in [1.807, 2.05) is 10.9 Å². The van der Waals surface area contributed by atoms with E-state index in [1.54, 1.807) is 0 Å². The Morgan fingerprint density at radius 1 is 1.53 bits per heavy atom. The van der Waals surface area contributed by atoms with Gasteiger partial charge in [0.05, 0.1) is 6.20 Å². The van der Waals surface area contributed by atoms with Crippen molar-refractivity contribution in [2.75, 3.05) is 20.1 Å². The van der Waals surface area contributed by atoms with E-state index in [1.165, 1.54) is 31.5 Å². The minimum Gasteiger partial charge on any atom is -0.309 e. The normalized spacial score (nSPS) is 21.9. The number of likely N-dealkylation sites (tertiary alicyclic amines) is 1. The summed E-state index contributed by atoms with van der Waals surface area (Å²) in [5.74, 6) is 0. The maximum Gasteiger partial charge on any atom is 0.0534 e. The largest absolute Gasteiger partial charge is 0.309 e. The smallest absolute Gasteiger partial charge is 0.0534 e. The van der Waals surface area contributed by atoms with E-state index in [0.29, 0.717) is 6.04 Å². The maximum atomic E-state index is 4.35. The van der Waals surface area contributed by atoms with Crippen LogP contribution in [0.25, 0.3) is 0 Å². The molecule has 0 spiro atoms. The Morgan fingerprint density at radius 2 is 2.41 bits per heavy atom. The topological polar surface area (TPSA) is 33.1 Å². The van der Waals surface area contributed by atoms with E-state index in [0.717, 1.165) is 19.5 Å². The third kappa shape index (κ3) is 3.82. The van der Waals surface area contributed by atoms with Gasteiger partial charge < -0.3 is 10.2 Å². The first kappa shape index (κ1) is 12.6. The molecular formula is C13H24N4. The molecule has 1 saturated heterocycles. The number of nitrogens with one attached hydrogen (secondary N) is 1. The molecular weight excluding hydrogens is 212 g/mol. The van der Waals surface area contributed by atoms with Crippen molar-refractivity contribution in [2.45, 2.75) is 45.3 Å². The summed E-state index contributed by atoms with van der Waals surface area (Å²) in [6.45, 7) is 6.56. The van der Waals surface area contributed by atoms with Crippen molar-refractivity contribution < 1.29 is 0 Å². The van der Waals surface area contributed by atoms with Gasteiger partial charge in [0.2, 0.25) is 0 Å². The number of aromatic nitrogens is 2. The highest BCUT2D eigenvalue weighted by Gasteiger charge is 2.16. The minimum atomic E-state index is 0.642. The number of aryl methyl sites for hydroxylation is 1. The molecule has 0 amide bonds. The van der Waals surface area contributed by atoms with Gasteiger partial charge in [0.1, 0.15) is 0 Å². The van der Waals surface area contributed by atoms with Crippen molar-refractivity contribution in [3.05, 3.63) is 18.0 Å². The van der Waals surface area contributed by atoms with Gasteiger partial charge in [-0.05, 0) is 32.9 Å². The van der Waals surface area contributed by atoms with Gasteiger partial charge in [0, 0.05) is 37.4 Å². The molecule has 0 aliphatic carbocycles. The first-order chi connectivity index (χ1) is 8.28. The van der Waals surface area contributed by atoms with Gasteiger partial charge in [0.15, 0.2) is 0 Å². The first-order valence-electron chi connectivity index (χ1n) is 6.71. The molecule has 0 saturated carbocycles. The lowest BCUT2D eigenvalue weighted by molar-refractivity contribution is 0.226. The van der Waals surface area contributed by atoms with Crippen molar-refractivity contribution in [3.63, 3.8) is 0 Å². The number of rotatable bonds is 5. The molecule has 1 aromatic rings. The molecule has 1 atom stereocenters. The van der Waals surface area contributed by atoms with Gasteiger partial charge in [-0.3, -0.25) is 4.68 Å². The van der Waals surface area contributed by atoms with E-state index < -0.39 is 0 Å². The van der Waals surface area contributed by atoms with Crippen LogP contribution < -0.4 is 5.32 Å². The van der Waals surface area contributed by atoms with Crippen LogP contribution in [-0.2, 0) is 13.1 Å². The summed E-state index contributed by atoms with van der Waals surface area (Å²) < 4.78 is 2.03. The number of hydrogen-bond acceptors (Lipinski definition) is 3. The summed E-state index contributed by atoms with van der Waals surface area (Å²) in [5.41, 5.74) is 1.30. The van der Waals surface area contributed by atoms with E-state index in [4.69, 9.17) is 0 Å². The first-order valence-corrected chi connectivity index (χ1v) is 6.71. The molecule has 2 rings (SSSR count). The minimum absolute atomic E-state index is 0.642. The van der Waals surface area contributed by atoms with E-state index >= 15 is 0 Å². The lowest BCUT2D eigenvalue weighted by atomic mass is 10.1. The second-order valence-electron chi connectivity index (χ2n) is 5.09. The Labute approximate surface area is 104 Å². The van der Waals surface area contributed by atoms with E-state index in [9.17, 15) is 0 Å². The molecule has 96 valence electrons. The van der Waals surface area contributed by atoms with Crippen molar-refractivity contribution >= 4 is 0 Å². The summed E-state index contributed by atoms with van der Waals surface area (Å²) in [5, 5.41) is 7.98. The molecule has 0 radical (unpaired) electrons. The quantitative estimate of drug-likeness (QED) is 0.840. The van der Waals surface area contributed by atoms with Crippen molar-refractivity contribution in [3.8, 4) is 0 Å². The van der Waals surface area contributed by atoms with Gasteiger partial charge in [-0.1, -0.05) is 6.92 Å². The average molecular weight is 236 g/mol. The van der Waals surface area contributed by atoms with Crippen LogP contribution in [0.4, 0.5) is 0 Å². The molecule has 1 aliphatic heterocycles. The summed E-state index contributed by atoms with van der Waals surface area (Å²) in [7, 11) is 2.20. The lowest BCUT2D eigenvalue weighted by Gasteiger charge is -2.30. The number of piperidine rings is 1. The van der Waals surface area contributed by atoms with Crippen LogP contribution in [0.15, 0.2) is 12.4 Å². The fraction of sp³-hybridized carbons (Fsp3) is 0.769. The summed E-state index contributed by atoms with van der Waals surface area (Å²) >= 11 is 0. The zero-order chi connectivity index (χ0) is 12.1. The standard InChI is InChI=1S/C13H24N4/c1-3-6-17-10-12(9-15-17)8-14-13-5-4-7-16(2)11-13/h9-10,13-14H,3-8,11H2,1-2H3. The molecule has 0 aromatic carbocycles. The summed E-state index contributed by atoms with van der Waals surface area (Å²) in [6.07, 6.45) is 7.89. The highest BCUT2D eigenvalue weighted by molar-refractivity contribution is 5.03. The molecule has 1 fully saturated rings. The van der Waals surface area contributed by atoms with E-state index in [2.05, 4.69) is 35.5 Å². The Kier molecular flexibility index (Phi) is 4.57. The predicted octanol–water partition coefficient (Wildman–Crippen LogP) is 1.48. The van der Waals surface area contributed by atoms with Crippen LogP contribution in [0.2, 0.25) is 0 Å². The zero-order valence-corrected chi connectivity index (χ0v) is 11.0. The van der Waals surface area contributed by atoms with Crippen molar-refractivity contribution in [1.82, 2.24) is 20.0 Å². The van der Waals surface area contributed by atoms with Crippen LogP contribution in [0.3, 0.4) is 0 Å². The van der Waals surface area contributed by atoms with Gasteiger partial charge >= 0.3 is 0 Å². The number of nitrogens with zero attached hydrogens (tertiary/aromatic N) is 3. The fourth-order valence-corrected chi connectivity index (χ4v) is 2.44. The molecule has 17 heavy (non-hydrogen) atoms. The SMILES string of the molecule is CCCn1cc(CNC2CCCN(C)C2)cn1. The lowest BCUT2D eigenvalue weighted by Crippen LogP contribution is -2.43. The third-order valence-corrected chi connectivity index (χ3v) is 3.36. The second kappa shape index (κ2) is 6.17. The molecule has 1 aliphatic rings. The monoisotopic (exact) mass is 236 g/mol. The highest BCUT2D eigenvalue weighted by Crippen LogP contribution is 2.09. The van der Waals surface area contributed by atoms with Crippen LogP contribution in [0.5, 0.6) is 0 Å². The van der Waals surface area contributed by atoms with Crippen LogP contribution in [0, 0.1) is 0 Å². The molecule has 0 bridgehead atoms. The van der Waals surface area contributed by atoms with Crippen LogP contribution in [0.1, 0.15) is 31.7 Å². The summed E-state index contributed by atoms with van der Waals surface area (Å²) in [4.78, 5) is 2.40. The molecule has 1 unspecified atom stereocenters. The average Bonchev–Trinajstić information content (AvgIpc) is 2.75. The molecule has 2 heterocycles. The number of likely N-dealkylation sites (N-methyl/N-ethyl adjacent to an activating group) is 1. The van der Waals surface area contributed by atoms with Crippen LogP contribution >= 0.6 is 0 Å². The maximum absolute atomic E-state index is 4.35. The molecule has 4 heteroatoms. The Hall–Kier alpha value is -0.870.